The largest absolute Gasteiger partial charge is 0.482 e. The summed E-state index contributed by atoms with van der Waals surface area (Å²) in [5.74, 6) is 1.36. The van der Waals surface area contributed by atoms with Crippen molar-refractivity contribution in [2.24, 2.45) is 0 Å². The number of unbranched alkanes of at least 4 members (excludes halogenated alkanes) is 2. The zero-order valence-corrected chi connectivity index (χ0v) is 17.0. The van der Waals surface area contributed by atoms with Gasteiger partial charge in [-0.2, -0.15) is 0 Å². The van der Waals surface area contributed by atoms with Gasteiger partial charge in [-0.05, 0) is 49.9 Å². The highest BCUT2D eigenvalue weighted by Crippen LogP contribution is 2.50. The molecule has 144 valence electrons. The van der Waals surface area contributed by atoms with Gasteiger partial charge in [0.1, 0.15) is 17.1 Å². The molecular weight excluding hydrogens is 338 g/mol. The molecule has 0 radical (unpaired) electrons. The van der Waals surface area contributed by atoms with Crippen LogP contribution >= 0.6 is 0 Å². The number of nitrogens with zero attached hydrogens (tertiary/aromatic N) is 1. The quantitative estimate of drug-likeness (QED) is 0.358. The summed E-state index contributed by atoms with van der Waals surface area (Å²) >= 11 is 0. The van der Waals surface area contributed by atoms with Crippen molar-refractivity contribution in [3.8, 4) is 22.6 Å². The van der Waals surface area contributed by atoms with Crippen LogP contribution in [-0.4, -0.2) is 11.0 Å². The molecule has 1 aliphatic rings. The lowest BCUT2D eigenvalue weighted by molar-refractivity contribution is -0.131. The lowest BCUT2D eigenvalue weighted by Gasteiger charge is -2.35. The fourth-order valence-corrected chi connectivity index (χ4v) is 3.79. The zero-order valence-electron chi connectivity index (χ0n) is 17.0. The van der Waals surface area contributed by atoms with Crippen LogP contribution in [0.1, 0.15) is 77.3 Å². The molecule has 3 rings (SSSR count). The number of hydrogen-bond acceptors (Lipinski definition) is 4. The summed E-state index contributed by atoms with van der Waals surface area (Å²) in [4.78, 5) is 16.0. The predicted octanol–water partition coefficient (Wildman–Crippen LogP) is 5.99. The Morgan fingerprint density at radius 2 is 2.07 bits per heavy atom. The van der Waals surface area contributed by atoms with Crippen LogP contribution in [0, 0.1) is 0 Å². The Hall–Kier alpha value is -2.36. The molecule has 0 amide bonds. The van der Waals surface area contributed by atoms with Crippen LogP contribution in [0.25, 0.3) is 11.1 Å². The van der Waals surface area contributed by atoms with Gasteiger partial charge >= 0.3 is 5.97 Å². The second kappa shape index (κ2) is 7.71. The number of rotatable bonds is 6. The van der Waals surface area contributed by atoms with Crippen molar-refractivity contribution in [3.05, 3.63) is 41.7 Å². The minimum absolute atomic E-state index is 0.330. The molecule has 0 bridgehead atoms. The van der Waals surface area contributed by atoms with Crippen molar-refractivity contribution in [2.45, 2.75) is 71.8 Å². The molecule has 1 aromatic heterocycles. The zero-order chi connectivity index (χ0) is 19.6. The van der Waals surface area contributed by atoms with Gasteiger partial charge in [0.05, 0.1) is 5.56 Å². The Bertz CT molecular complexity index is 842. The maximum Gasteiger partial charge on any atom is 0.308 e. The van der Waals surface area contributed by atoms with Crippen LogP contribution in [0.5, 0.6) is 11.5 Å². The van der Waals surface area contributed by atoms with Crippen molar-refractivity contribution >= 4 is 5.97 Å². The minimum atomic E-state index is -0.469. The predicted molar refractivity (Wildman–Crippen MR) is 107 cm³/mol. The maximum absolute atomic E-state index is 11.8. The molecule has 27 heavy (non-hydrogen) atoms. The molecular formula is C23H29NO3. The van der Waals surface area contributed by atoms with E-state index in [9.17, 15) is 4.79 Å². The fraction of sp³-hybridized carbons (Fsp3) is 0.478. The number of carbonyl (C=O) groups is 1. The monoisotopic (exact) mass is 367 g/mol. The third-order valence-corrected chi connectivity index (χ3v) is 5.26. The van der Waals surface area contributed by atoms with Gasteiger partial charge in [0.25, 0.3) is 0 Å². The van der Waals surface area contributed by atoms with E-state index in [1.807, 2.05) is 18.3 Å². The number of hydrogen-bond donors (Lipinski definition) is 0. The van der Waals surface area contributed by atoms with Gasteiger partial charge in [-0.15, -0.1) is 0 Å². The van der Waals surface area contributed by atoms with Crippen LogP contribution in [0.15, 0.2) is 30.6 Å². The van der Waals surface area contributed by atoms with Crippen LogP contribution in [-0.2, 0) is 10.4 Å². The highest BCUT2D eigenvalue weighted by Gasteiger charge is 2.35. The normalized spacial score (nSPS) is 15.3. The Balaban J connectivity index is 2.10. The second-order valence-electron chi connectivity index (χ2n) is 7.92. The number of pyridine rings is 1. The summed E-state index contributed by atoms with van der Waals surface area (Å²) in [5.41, 5.74) is 3.50. The average molecular weight is 367 g/mol. The van der Waals surface area contributed by atoms with Crippen molar-refractivity contribution in [1.29, 1.82) is 0 Å². The smallest absolute Gasteiger partial charge is 0.308 e. The topological polar surface area (TPSA) is 48.4 Å². The first-order valence-corrected chi connectivity index (χ1v) is 9.83. The van der Waals surface area contributed by atoms with Gasteiger partial charge in [0.2, 0.25) is 0 Å². The van der Waals surface area contributed by atoms with Crippen molar-refractivity contribution < 1.29 is 14.3 Å². The number of carbonyl (C=O) groups excluding carboxylic acids is 1. The Labute approximate surface area is 161 Å². The van der Waals surface area contributed by atoms with Crippen LogP contribution in [0.4, 0.5) is 0 Å². The summed E-state index contributed by atoms with van der Waals surface area (Å²) in [6, 6.07) is 6.07. The summed E-state index contributed by atoms with van der Waals surface area (Å²) in [6.45, 7) is 9.97. The van der Waals surface area contributed by atoms with Gasteiger partial charge in [-0.1, -0.05) is 33.1 Å². The molecule has 2 heterocycles. The molecule has 4 heteroatoms. The minimum Gasteiger partial charge on any atom is -0.482 e. The van der Waals surface area contributed by atoms with Gasteiger partial charge in [0, 0.05) is 30.4 Å². The number of esters is 1. The lowest BCUT2D eigenvalue weighted by Crippen LogP contribution is -2.29. The third kappa shape index (κ3) is 4.00. The van der Waals surface area contributed by atoms with E-state index in [1.54, 1.807) is 6.20 Å². The van der Waals surface area contributed by atoms with Gasteiger partial charge < -0.3 is 9.47 Å². The summed E-state index contributed by atoms with van der Waals surface area (Å²) in [7, 11) is 0. The van der Waals surface area contributed by atoms with Gasteiger partial charge in [-0.25, -0.2) is 0 Å². The van der Waals surface area contributed by atoms with E-state index in [-0.39, 0.29) is 5.97 Å². The fourth-order valence-electron chi connectivity index (χ4n) is 3.79. The maximum atomic E-state index is 11.8. The standard InChI is InChI=1S/C23H29NO3/c1-6-7-8-9-15(2)17-12-20(26-16(3)25)22-18-14-24-11-10-19(18)23(4,5)27-21(22)13-17/h10-15H,6-9H2,1-5H3. The summed E-state index contributed by atoms with van der Waals surface area (Å²) in [5, 5.41) is 0. The first-order chi connectivity index (χ1) is 12.8. The molecule has 1 aromatic carbocycles. The number of fused-ring (bicyclic) bond motifs is 3. The van der Waals surface area contributed by atoms with E-state index < -0.39 is 5.60 Å². The van der Waals surface area contributed by atoms with Crippen molar-refractivity contribution in [3.63, 3.8) is 0 Å². The van der Waals surface area contributed by atoms with E-state index in [0.29, 0.717) is 11.7 Å². The molecule has 0 fully saturated rings. The number of benzene rings is 1. The number of ether oxygens (including phenoxy) is 2. The highest BCUT2D eigenvalue weighted by atomic mass is 16.5. The van der Waals surface area contributed by atoms with Gasteiger partial charge in [0.15, 0.2) is 0 Å². The molecule has 0 spiro atoms. The average Bonchev–Trinajstić information content (AvgIpc) is 2.60. The van der Waals surface area contributed by atoms with Crippen LogP contribution < -0.4 is 9.47 Å². The van der Waals surface area contributed by atoms with Crippen LogP contribution in [0.3, 0.4) is 0 Å². The van der Waals surface area contributed by atoms with E-state index in [1.165, 1.54) is 26.2 Å². The molecule has 1 atom stereocenters. The number of aromatic nitrogens is 1. The molecule has 0 saturated heterocycles. The van der Waals surface area contributed by atoms with E-state index in [0.717, 1.165) is 34.4 Å². The molecule has 4 nitrogen and oxygen atoms in total. The molecule has 0 saturated carbocycles. The molecule has 0 N–H and O–H groups in total. The molecule has 2 aromatic rings. The molecule has 1 aliphatic heterocycles. The highest BCUT2D eigenvalue weighted by molar-refractivity contribution is 5.84. The van der Waals surface area contributed by atoms with Crippen LogP contribution in [0.2, 0.25) is 0 Å². The van der Waals surface area contributed by atoms with Crippen molar-refractivity contribution in [2.75, 3.05) is 0 Å². The van der Waals surface area contributed by atoms with E-state index in [2.05, 4.69) is 38.7 Å². The first kappa shape index (κ1) is 19.4. The SMILES string of the molecule is CCCCCC(C)c1cc(OC(C)=O)c2c(c1)OC(C)(C)c1ccncc1-2. The van der Waals surface area contributed by atoms with Crippen molar-refractivity contribution in [1.82, 2.24) is 4.98 Å². The lowest BCUT2D eigenvalue weighted by atomic mass is 9.85. The molecule has 0 aliphatic carbocycles. The van der Waals surface area contributed by atoms with Gasteiger partial charge in [-0.3, -0.25) is 9.78 Å². The van der Waals surface area contributed by atoms with E-state index in [4.69, 9.17) is 9.47 Å². The Kier molecular flexibility index (Phi) is 5.54. The summed E-state index contributed by atoms with van der Waals surface area (Å²) in [6.07, 6.45) is 8.33. The summed E-state index contributed by atoms with van der Waals surface area (Å²) < 4.78 is 12.0. The Morgan fingerprint density at radius 3 is 2.78 bits per heavy atom. The molecule has 1 unspecified atom stereocenters. The van der Waals surface area contributed by atoms with E-state index >= 15 is 0 Å². The first-order valence-electron chi connectivity index (χ1n) is 9.83. The second-order valence-corrected chi connectivity index (χ2v) is 7.92. The Morgan fingerprint density at radius 1 is 1.30 bits per heavy atom. The third-order valence-electron chi connectivity index (χ3n) is 5.26.